The molecule has 0 aliphatic carbocycles. The lowest BCUT2D eigenvalue weighted by atomic mass is 10.2. The molecule has 148 valence electrons. The average molecular weight is 409 g/mol. The lowest BCUT2D eigenvalue weighted by molar-refractivity contribution is 0.0919. The normalized spacial score (nSPS) is 12.9. The van der Waals surface area contributed by atoms with Gasteiger partial charge in [0.25, 0.3) is 5.91 Å². The number of rotatable bonds is 4. The highest BCUT2D eigenvalue weighted by Gasteiger charge is 2.26. The predicted molar refractivity (Wildman–Crippen MR) is 109 cm³/mol. The second kappa shape index (κ2) is 8.27. The van der Waals surface area contributed by atoms with Crippen molar-refractivity contribution in [1.29, 1.82) is 0 Å². The molecule has 4 rings (SSSR count). The number of thiazole rings is 1. The lowest BCUT2D eigenvalue weighted by Crippen LogP contribution is -2.35. The number of nitrogens with two attached hydrogens (primary N) is 1. The number of nitrogens with one attached hydrogen (secondary N) is 1. The fourth-order valence-electron chi connectivity index (χ4n) is 2.95. The van der Waals surface area contributed by atoms with Crippen LogP contribution in [-0.2, 0) is 24.3 Å². The third kappa shape index (κ3) is 4.35. The van der Waals surface area contributed by atoms with Crippen molar-refractivity contribution in [3.63, 3.8) is 0 Å². The van der Waals surface area contributed by atoms with Gasteiger partial charge in [0.1, 0.15) is 6.61 Å². The minimum absolute atomic E-state index is 0.172. The van der Waals surface area contributed by atoms with Crippen LogP contribution >= 0.6 is 11.3 Å². The van der Waals surface area contributed by atoms with Gasteiger partial charge in [0.15, 0.2) is 5.01 Å². The van der Waals surface area contributed by atoms with E-state index in [1.165, 1.54) is 11.3 Å². The van der Waals surface area contributed by atoms with Crippen LogP contribution in [0.5, 0.6) is 0 Å². The highest BCUT2D eigenvalue weighted by molar-refractivity contribution is 7.13. The summed E-state index contributed by atoms with van der Waals surface area (Å²) in [7, 11) is 0. The molecule has 3 heterocycles. The van der Waals surface area contributed by atoms with Gasteiger partial charge in [-0.1, -0.05) is 18.2 Å². The van der Waals surface area contributed by atoms with Crippen LogP contribution in [0.15, 0.2) is 48.8 Å². The number of hydrogen-bond acceptors (Lipinski definition) is 7. The van der Waals surface area contributed by atoms with Crippen LogP contribution in [0.4, 0.5) is 16.2 Å². The van der Waals surface area contributed by atoms with E-state index in [1.807, 2.05) is 6.07 Å². The number of ether oxygens (including phenoxy) is 1. The monoisotopic (exact) mass is 409 g/mol. The number of carbonyl (C=O) groups excluding carboxylic acids is 2. The second-order valence-corrected chi connectivity index (χ2v) is 7.60. The Labute approximate surface area is 171 Å². The van der Waals surface area contributed by atoms with E-state index in [9.17, 15) is 9.59 Å². The number of nitrogens with zero attached hydrogens (tertiary/aromatic N) is 3. The summed E-state index contributed by atoms with van der Waals surface area (Å²) in [5, 5.41) is 3.13. The molecule has 2 aromatic heterocycles. The molecule has 2 amide bonds. The highest BCUT2D eigenvalue weighted by atomic mass is 32.1. The molecule has 9 heteroatoms. The van der Waals surface area contributed by atoms with Gasteiger partial charge in [0.05, 0.1) is 23.6 Å². The summed E-state index contributed by atoms with van der Waals surface area (Å²) in [5.41, 5.74) is 8.58. The van der Waals surface area contributed by atoms with Crippen molar-refractivity contribution in [2.45, 2.75) is 19.6 Å². The van der Waals surface area contributed by atoms with E-state index < -0.39 is 6.09 Å². The standard InChI is InChI=1S/C20H19N5O3S/c21-14-5-1-2-6-15(14)23-18(26)19-24-16-7-9-25(11-17(16)29-19)20(27)28-12-13-4-3-8-22-10-13/h1-6,8,10H,7,9,11-12,21H2,(H,23,26). The van der Waals surface area contributed by atoms with Crippen molar-refractivity contribution in [1.82, 2.24) is 14.9 Å². The highest BCUT2D eigenvalue weighted by Crippen LogP contribution is 2.27. The van der Waals surface area contributed by atoms with E-state index in [2.05, 4.69) is 15.3 Å². The van der Waals surface area contributed by atoms with Gasteiger partial charge in [-0.3, -0.25) is 9.78 Å². The summed E-state index contributed by atoms with van der Waals surface area (Å²) in [6, 6.07) is 10.7. The third-order valence-electron chi connectivity index (χ3n) is 4.48. The largest absolute Gasteiger partial charge is 0.444 e. The summed E-state index contributed by atoms with van der Waals surface area (Å²) in [6.07, 6.45) is 3.51. The molecule has 29 heavy (non-hydrogen) atoms. The molecule has 0 fully saturated rings. The second-order valence-electron chi connectivity index (χ2n) is 6.52. The molecule has 3 aromatic rings. The fourth-order valence-corrected chi connectivity index (χ4v) is 3.97. The Morgan fingerprint density at radius 2 is 2.10 bits per heavy atom. The van der Waals surface area contributed by atoms with E-state index in [0.717, 1.165) is 16.1 Å². The van der Waals surface area contributed by atoms with Crippen molar-refractivity contribution in [2.24, 2.45) is 0 Å². The first-order valence-electron chi connectivity index (χ1n) is 9.05. The average Bonchev–Trinajstić information content (AvgIpc) is 3.18. The number of nitrogen functional groups attached to an aromatic ring is 1. The van der Waals surface area contributed by atoms with Gasteiger partial charge in [-0.05, 0) is 18.2 Å². The maximum absolute atomic E-state index is 12.5. The third-order valence-corrected chi connectivity index (χ3v) is 5.56. The van der Waals surface area contributed by atoms with E-state index in [0.29, 0.717) is 35.9 Å². The van der Waals surface area contributed by atoms with Crippen LogP contribution < -0.4 is 11.1 Å². The van der Waals surface area contributed by atoms with E-state index in [4.69, 9.17) is 10.5 Å². The molecule has 0 spiro atoms. The van der Waals surface area contributed by atoms with Gasteiger partial charge in [0, 0.05) is 35.8 Å². The molecule has 0 unspecified atom stereocenters. The quantitative estimate of drug-likeness (QED) is 0.641. The predicted octanol–water partition coefficient (Wildman–Crippen LogP) is 3.07. The first-order chi connectivity index (χ1) is 14.1. The van der Waals surface area contributed by atoms with Crippen molar-refractivity contribution in [3.05, 3.63) is 69.9 Å². The topological polar surface area (TPSA) is 110 Å². The zero-order valence-electron chi connectivity index (χ0n) is 15.5. The van der Waals surface area contributed by atoms with Crippen molar-refractivity contribution in [2.75, 3.05) is 17.6 Å². The van der Waals surface area contributed by atoms with Crippen LogP contribution in [0.3, 0.4) is 0 Å². The van der Waals surface area contributed by atoms with Crippen LogP contribution in [0.2, 0.25) is 0 Å². The minimum Gasteiger partial charge on any atom is -0.444 e. The number of para-hydroxylation sites is 2. The number of fused-ring (bicyclic) bond motifs is 1. The Morgan fingerprint density at radius 1 is 1.24 bits per heavy atom. The summed E-state index contributed by atoms with van der Waals surface area (Å²) in [5.74, 6) is -0.312. The molecule has 1 aliphatic rings. The van der Waals surface area contributed by atoms with Gasteiger partial charge in [-0.15, -0.1) is 11.3 Å². The minimum atomic E-state index is -0.393. The van der Waals surface area contributed by atoms with Crippen LogP contribution in [0, 0.1) is 0 Å². The maximum atomic E-state index is 12.5. The van der Waals surface area contributed by atoms with E-state index in [-0.39, 0.29) is 12.5 Å². The molecule has 8 nitrogen and oxygen atoms in total. The molecule has 0 radical (unpaired) electrons. The molecule has 0 saturated heterocycles. The Kier molecular flexibility index (Phi) is 5.39. The Hall–Kier alpha value is -3.46. The first kappa shape index (κ1) is 18.9. The first-order valence-corrected chi connectivity index (χ1v) is 9.87. The number of aromatic nitrogens is 2. The molecule has 1 aliphatic heterocycles. The van der Waals surface area contributed by atoms with Crippen LogP contribution in [-0.4, -0.2) is 33.4 Å². The van der Waals surface area contributed by atoms with Crippen molar-refractivity contribution < 1.29 is 14.3 Å². The lowest BCUT2D eigenvalue weighted by Gasteiger charge is -2.25. The smallest absolute Gasteiger partial charge is 0.410 e. The molecule has 3 N–H and O–H groups in total. The molecule has 1 aromatic carbocycles. The zero-order chi connectivity index (χ0) is 20.2. The van der Waals surface area contributed by atoms with Gasteiger partial charge in [-0.25, -0.2) is 9.78 Å². The Bertz CT molecular complexity index is 1040. The molecule has 0 atom stereocenters. The van der Waals surface area contributed by atoms with Gasteiger partial charge in [-0.2, -0.15) is 0 Å². The number of benzene rings is 1. The maximum Gasteiger partial charge on any atom is 0.410 e. The van der Waals surface area contributed by atoms with Gasteiger partial charge >= 0.3 is 6.09 Å². The molecular formula is C20H19N5O3S. The number of anilines is 2. The Morgan fingerprint density at radius 3 is 2.90 bits per heavy atom. The number of amides is 2. The molecule has 0 bridgehead atoms. The molecule has 0 saturated carbocycles. The van der Waals surface area contributed by atoms with Gasteiger partial charge < -0.3 is 20.7 Å². The fraction of sp³-hybridized carbons (Fsp3) is 0.200. The number of hydrogen-bond donors (Lipinski definition) is 2. The summed E-state index contributed by atoms with van der Waals surface area (Å²) in [4.78, 5) is 35.9. The summed E-state index contributed by atoms with van der Waals surface area (Å²) >= 11 is 1.28. The Balaban J connectivity index is 1.38. The van der Waals surface area contributed by atoms with Crippen molar-refractivity contribution >= 4 is 34.7 Å². The van der Waals surface area contributed by atoms with Crippen molar-refractivity contribution in [3.8, 4) is 0 Å². The molecular weight excluding hydrogens is 390 g/mol. The summed E-state index contributed by atoms with van der Waals surface area (Å²) in [6.45, 7) is 1.04. The van der Waals surface area contributed by atoms with Gasteiger partial charge in [0.2, 0.25) is 0 Å². The number of carbonyl (C=O) groups is 2. The van der Waals surface area contributed by atoms with Crippen LogP contribution in [0.1, 0.15) is 25.9 Å². The summed E-state index contributed by atoms with van der Waals surface area (Å²) < 4.78 is 5.37. The zero-order valence-corrected chi connectivity index (χ0v) is 16.3. The van der Waals surface area contributed by atoms with E-state index in [1.54, 1.807) is 47.6 Å². The van der Waals surface area contributed by atoms with Crippen LogP contribution in [0.25, 0.3) is 0 Å². The van der Waals surface area contributed by atoms with E-state index >= 15 is 0 Å². The SMILES string of the molecule is Nc1ccccc1NC(=O)c1nc2c(s1)CN(C(=O)OCc1cccnc1)CC2. The number of pyridine rings is 1.